The third-order valence-electron chi connectivity index (χ3n) is 2.93. The highest BCUT2D eigenvalue weighted by Crippen LogP contribution is 2.09. The van der Waals surface area contributed by atoms with E-state index in [-0.39, 0.29) is 0 Å². The van der Waals surface area contributed by atoms with E-state index < -0.39 is 0 Å². The standard InChI is InChI=1S/C13H14N8O/c1-22-10-4-2-9(3-5-10)7-16-19-13-20-18-11(14)6-12-15-8-17-21(12)13/h2-5,7-8H,6H2,1H3,(H2,14,18)(H,19,20). The molecule has 9 heteroatoms. The Morgan fingerprint density at radius 1 is 1.32 bits per heavy atom. The van der Waals surface area contributed by atoms with Gasteiger partial charge in [0.25, 0.3) is 5.96 Å². The fourth-order valence-electron chi connectivity index (χ4n) is 1.84. The molecule has 22 heavy (non-hydrogen) atoms. The third-order valence-corrected chi connectivity index (χ3v) is 2.93. The highest BCUT2D eigenvalue weighted by Gasteiger charge is 2.14. The molecule has 0 saturated heterocycles. The largest absolute Gasteiger partial charge is 0.497 e. The van der Waals surface area contributed by atoms with Crippen molar-refractivity contribution in [1.29, 1.82) is 0 Å². The summed E-state index contributed by atoms with van der Waals surface area (Å²) in [5.74, 6) is 2.13. The van der Waals surface area contributed by atoms with Crippen molar-refractivity contribution < 1.29 is 4.74 Å². The Hall–Kier alpha value is -3.23. The van der Waals surface area contributed by atoms with Crippen molar-refractivity contribution in [3.63, 3.8) is 0 Å². The first-order valence-corrected chi connectivity index (χ1v) is 6.48. The molecule has 1 aromatic carbocycles. The number of hydrogen-bond acceptors (Lipinski definition) is 8. The fourth-order valence-corrected chi connectivity index (χ4v) is 1.84. The molecule has 0 fully saturated rings. The van der Waals surface area contributed by atoms with Crippen molar-refractivity contribution in [2.24, 2.45) is 21.0 Å². The molecule has 0 saturated carbocycles. The van der Waals surface area contributed by atoms with Crippen molar-refractivity contribution in [2.75, 3.05) is 7.11 Å². The number of fused-ring (bicyclic) bond motifs is 1. The lowest BCUT2D eigenvalue weighted by Crippen LogP contribution is -2.28. The number of ether oxygens (including phenoxy) is 1. The van der Waals surface area contributed by atoms with E-state index in [9.17, 15) is 0 Å². The summed E-state index contributed by atoms with van der Waals surface area (Å²) in [7, 11) is 1.62. The number of hydrogen-bond donors (Lipinski definition) is 2. The Balaban J connectivity index is 1.74. The Morgan fingerprint density at radius 3 is 2.91 bits per heavy atom. The molecule has 3 rings (SSSR count). The molecule has 2 heterocycles. The van der Waals surface area contributed by atoms with Gasteiger partial charge in [-0.25, -0.2) is 10.4 Å². The third kappa shape index (κ3) is 2.92. The van der Waals surface area contributed by atoms with E-state index in [1.165, 1.54) is 11.0 Å². The summed E-state index contributed by atoms with van der Waals surface area (Å²) in [5, 5.41) is 16.0. The number of nitrogens with one attached hydrogen (secondary N) is 1. The van der Waals surface area contributed by atoms with Crippen LogP contribution in [0.15, 0.2) is 45.9 Å². The van der Waals surface area contributed by atoms with Crippen LogP contribution in [0.4, 0.5) is 0 Å². The van der Waals surface area contributed by atoms with Crippen LogP contribution in [0.3, 0.4) is 0 Å². The van der Waals surface area contributed by atoms with Crippen molar-refractivity contribution in [2.45, 2.75) is 6.42 Å². The number of aromatic nitrogens is 3. The van der Waals surface area contributed by atoms with Crippen LogP contribution >= 0.6 is 0 Å². The van der Waals surface area contributed by atoms with E-state index in [2.05, 4.69) is 30.8 Å². The molecule has 2 aromatic rings. The van der Waals surface area contributed by atoms with Crippen LogP contribution in [-0.4, -0.2) is 39.9 Å². The zero-order valence-electron chi connectivity index (χ0n) is 11.8. The van der Waals surface area contributed by atoms with Gasteiger partial charge in [0.05, 0.1) is 19.7 Å². The van der Waals surface area contributed by atoms with Gasteiger partial charge in [0.15, 0.2) is 0 Å². The van der Waals surface area contributed by atoms with Gasteiger partial charge in [-0.3, -0.25) is 0 Å². The summed E-state index contributed by atoms with van der Waals surface area (Å²) in [6, 6.07) is 7.47. The Labute approximate surface area is 126 Å². The smallest absolute Gasteiger partial charge is 0.266 e. The fraction of sp³-hybridized carbons (Fsp3) is 0.154. The van der Waals surface area contributed by atoms with Gasteiger partial charge >= 0.3 is 0 Å². The van der Waals surface area contributed by atoms with Gasteiger partial charge in [0.2, 0.25) is 0 Å². The van der Waals surface area contributed by atoms with Gasteiger partial charge < -0.3 is 10.5 Å². The Bertz CT molecular complexity index is 744. The van der Waals surface area contributed by atoms with Crippen molar-refractivity contribution in [3.8, 4) is 5.75 Å². The zero-order chi connectivity index (χ0) is 15.4. The summed E-state index contributed by atoms with van der Waals surface area (Å²) < 4.78 is 6.61. The van der Waals surface area contributed by atoms with Gasteiger partial charge in [-0.05, 0) is 29.8 Å². The van der Waals surface area contributed by atoms with Gasteiger partial charge in [-0.15, -0.1) is 10.2 Å². The molecule has 3 N–H and O–H groups in total. The van der Waals surface area contributed by atoms with E-state index in [0.717, 1.165) is 11.3 Å². The van der Waals surface area contributed by atoms with Crippen molar-refractivity contribution in [3.05, 3.63) is 42.0 Å². The first-order valence-electron chi connectivity index (χ1n) is 6.48. The van der Waals surface area contributed by atoms with E-state index in [1.54, 1.807) is 13.3 Å². The van der Waals surface area contributed by atoms with Crippen molar-refractivity contribution >= 4 is 18.0 Å². The predicted octanol–water partition coefficient (Wildman–Crippen LogP) is -0.0572. The quantitative estimate of drug-likeness (QED) is 0.608. The number of methoxy groups -OCH3 is 1. The average Bonchev–Trinajstić information content (AvgIpc) is 2.93. The molecule has 1 aliphatic rings. The normalized spacial score (nSPS) is 14.0. The summed E-state index contributed by atoms with van der Waals surface area (Å²) in [6.45, 7) is 0. The second kappa shape index (κ2) is 6.04. The summed E-state index contributed by atoms with van der Waals surface area (Å²) in [6.07, 6.45) is 3.46. The lowest BCUT2D eigenvalue weighted by atomic mass is 10.2. The molecular weight excluding hydrogens is 284 g/mol. The van der Waals surface area contributed by atoms with Crippen LogP contribution in [-0.2, 0) is 6.42 Å². The zero-order valence-corrected chi connectivity index (χ0v) is 11.8. The molecule has 1 aliphatic heterocycles. The minimum atomic E-state index is 0.331. The SMILES string of the molecule is COc1ccc(C=NNC2=NN=C(N)Cc3ncnn32)cc1. The first-order chi connectivity index (χ1) is 10.8. The Morgan fingerprint density at radius 2 is 2.14 bits per heavy atom. The monoisotopic (exact) mass is 298 g/mol. The van der Waals surface area contributed by atoms with Crippen molar-refractivity contribution in [1.82, 2.24) is 20.2 Å². The predicted molar refractivity (Wildman–Crippen MR) is 81.9 cm³/mol. The number of amidine groups is 1. The molecule has 0 bridgehead atoms. The number of hydrazone groups is 1. The molecule has 0 radical (unpaired) electrons. The van der Waals surface area contributed by atoms with Crippen LogP contribution in [0.5, 0.6) is 5.75 Å². The van der Waals surface area contributed by atoms with Crippen LogP contribution < -0.4 is 15.9 Å². The second-order valence-electron chi connectivity index (χ2n) is 4.42. The topological polar surface area (TPSA) is 115 Å². The molecule has 0 unspecified atom stereocenters. The molecule has 9 nitrogen and oxygen atoms in total. The molecule has 1 aromatic heterocycles. The minimum absolute atomic E-state index is 0.331. The number of benzene rings is 1. The van der Waals surface area contributed by atoms with Crippen LogP contribution in [0, 0.1) is 0 Å². The minimum Gasteiger partial charge on any atom is -0.497 e. The van der Waals surface area contributed by atoms with Gasteiger partial charge in [0.1, 0.15) is 23.7 Å². The van der Waals surface area contributed by atoms with Gasteiger partial charge in [-0.1, -0.05) is 0 Å². The second-order valence-corrected chi connectivity index (χ2v) is 4.42. The number of nitrogens with two attached hydrogens (primary N) is 1. The molecule has 0 atom stereocenters. The summed E-state index contributed by atoms with van der Waals surface area (Å²) >= 11 is 0. The average molecular weight is 298 g/mol. The summed E-state index contributed by atoms with van der Waals surface area (Å²) in [5.41, 5.74) is 9.40. The maximum atomic E-state index is 5.70. The molecule has 0 spiro atoms. The van der Waals surface area contributed by atoms with Crippen LogP contribution in [0.2, 0.25) is 0 Å². The Kier molecular flexibility index (Phi) is 3.77. The highest BCUT2D eigenvalue weighted by molar-refractivity contribution is 5.89. The number of nitrogens with zero attached hydrogens (tertiary/aromatic N) is 6. The van der Waals surface area contributed by atoms with Gasteiger partial charge in [0, 0.05) is 0 Å². The lowest BCUT2D eigenvalue weighted by Gasteiger charge is -2.04. The van der Waals surface area contributed by atoms with Crippen LogP contribution in [0.1, 0.15) is 11.4 Å². The molecular formula is C13H14N8O. The molecule has 112 valence electrons. The lowest BCUT2D eigenvalue weighted by molar-refractivity contribution is 0.415. The van der Waals surface area contributed by atoms with Gasteiger partial charge in [-0.2, -0.15) is 14.9 Å². The summed E-state index contributed by atoms with van der Waals surface area (Å²) in [4.78, 5) is 4.11. The first kappa shape index (κ1) is 13.7. The van der Waals surface area contributed by atoms with E-state index in [0.29, 0.717) is 24.0 Å². The maximum Gasteiger partial charge on any atom is 0.266 e. The highest BCUT2D eigenvalue weighted by atomic mass is 16.5. The molecule has 0 aliphatic carbocycles. The number of rotatable bonds is 3. The van der Waals surface area contributed by atoms with E-state index in [1.807, 2.05) is 24.3 Å². The maximum absolute atomic E-state index is 5.70. The van der Waals surface area contributed by atoms with E-state index in [4.69, 9.17) is 10.5 Å². The van der Waals surface area contributed by atoms with E-state index >= 15 is 0 Å². The molecule has 0 amide bonds. The van der Waals surface area contributed by atoms with Crippen LogP contribution in [0.25, 0.3) is 0 Å².